The van der Waals surface area contributed by atoms with E-state index in [1.807, 2.05) is 0 Å². The van der Waals surface area contributed by atoms with Gasteiger partial charge in [-0.1, -0.05) is 19.8 Å². The van der Waals surface area contributed by atoms with Gasteiger partial charge in [0.1, 0.15) is 5.82 Å². The summed E-state index contributed by atoms with van der Waals surface area (Å²) in [5.74, 6) is 2.89. The van der Waals surface area contributed by atoms with Gasteiger partial charge < -0.3 is 0 Å². The van der Waals surface area contributed by atoms with Crippen LogP contribution in [0.3, 0.4) is 0 Å². The first-order valence-corrected chi connectivity index (χ1v) is 5.71. The second-order valence-corrected chi connectivity index (χ2v) is 5.09. The molecule has 0 atom stereocenters. The summed E-state index contributed by atoms with van der Waals surface area (Å²) in [6.07, 6.45) is 7.79. The highest BCUT2D eigenvalue weighted by atomic mass is 15.2. The van der Waals surface area contributed by atoms with Gasteiger partial charge in [-0.3, -0.25) is 5.10 Å². The lowest BCUT2D eigenvalue weighted by Crippen LogP contribution is -2.18. The van der Waals surface area contributed by atoms with Gasteiger partial charge in [-0.2, -0.15) is 5.10 Å². The van der Waals surface area contributed by atoms with Crippen LogP contribution in [0.15, 0.2) is 0 Å². The fourth-order valence-electron chi connectivity index (χ4n) is 2.46. The van der Waals surface area contributed by atoms with Crippen LogP contribution in [0.4, 0.5) is 0 Å². The van der Waals surface area contributed by atoms with Crippen molar-refractivity contribution >= 4 is 0 Å². The highest BCUT2D eigenvalue weighted by Gasteiger charge is 2.36. The van der Waals surface area contributed by atoms with Crippen LogP contribution in [0.1, 0.15) is 63.0 Å². The molecule has 0 amide bonds. The molecule has 3 nitrogen and oxygen atoms in total. The molecule has 0 saturated heterocycles. The Kier molecular flexibility index (Phi) is 1.70. The predicted octanol–water partition coefficient (Wildman–Crippen LogP) is 2.51. The van der Waals surface area contributed by atoms with Crippen LogP contribution in [-0.2, 0) is 5.41 Å². The summed E-state index contributed by atoms with van der Waals surface area (Å²) < 4.78 is 0. The maximum Gasteiger partial charge on any atom is 0.156 e. The molecule has 1 N–H and O–H groups in total. The van der Waals surface area contributed by atoms with E-state index >= 15 is 0 Å². The first-order chi connectivity index (χ1) is 6.78. The Morgan fingerprint density at radius 2 is 2.00 bits per heavy atom. The largest absolute Gasteiger partial charge is 0.263 e. The number of nitrogens with zero attached hydrogens (tertiary/aromatic N) is 2. The molecule has 0 aliphatic heterocycles. The van der Waals surface area contributed by atoms with Gasteiger partial charge in [-0.05, 0) is 25.7 Å². The molecular formula is C11H17N3. The van der Waals surface area contributed by atoms with Gasteiger partial charge in [0.25, 0.3) is 0 Å². The molecule has 0 bridgehead atoms. The Labute approximate surface area is 84.3 Å². The Hall–Kier alpha value is -0.860. The molecular weight excluding hydrogens is 174 g/mol. The van der Waals surface area contributed by atoms with Gasteiger partial charge in [0.2, 0.25) is 0 Å². The molecule has 2 aliphatic rings. The lowest BCUT2D eigenvalue weighted by molar-refractivity contribution is 0.460. The second kappa shape index (κ2) is 2.81. The van der Waals surface area contributed by atoms with Crippen LogP contribution in [0.5, 0.6) is 0 Å². The van der Waals surface area contributed by atoms with Crippen molar-refractivity contribution in [3.63, 3.8) is 0 Å². The zero-order chi connectivity index (χ0) is 9.60. The second-order valence-electron chi connectivity index (χ2n) is 5.09. The number of hydrogen-bond acceptors (Lipinski definition) is 2. The lowest BCUT2D eigenvalue weighted by atomic mass is 9.88. The van der Waals surface area contributed by atoms with Gasteiger partial charge >= 0.3 is 0 Å². The van der Waals surface area contributed by atoms with Crippen LogP contribution in [-0.4, -0.2) is 15.2 Å². The van der Waals surface area contributed by atoms with Crippen molar-refractivity contribution in [3.8, 4) is 0 Å². The minimum Gasteiger partial charge on any atom is -0.263 e. The molecule has 2 fully saturated rings. The Bertz CT molecular complexity index is 332. The molecule has 1 aromatic rings. The fourth-order valence-corrected chi connectivity index (χ4v) is 2.46. The molecule has 0 aromatic carbocycles. The summed E-state index contributed by atoms with van der Waals surface area (Å²) in [6.45, 7) is 2.31. The van der Waals surface area contributed by atoms with Crippen molar-refractivity contribution < 1.29 is 0 Å². The molecule has 1 heterocycles. The molecule has 0 spiro atoms. The Morgan fingerprint density at radius 3 is 2.64 bits per heavy atom. The van der Waals surface area contributed by atoms with Crippen molar-refractivity contribution in [1.82, 2.24) is 15.2 Å². The first kappa shape index (κ1) is 8.45. The number of aromatic amines is 1. The molecule has 14 heavy (non-hydrogen) atoms. The highest BCUT2D eigenvalue weighted by Crippen LogP contribution is 2.41. The molecule has 0 radical (unpaired) electrons. The van der Waals surface area contributed by atoms with Gasteiger partial charge in [-0.25, -0.2) is 4.98 Å². The molecule has 0 unspecified atom stereocenters. The van der Waals surface area contributed by atoms with E-state index in [1.54, 1.807) is 0 Å². The monoisotopic (exact) mass is 191 g/mol. The number of nitrogens with one attached hydrogen (secondary N) is 1. The van der Waals surface area contributed by atoms with Crippen LogP contribution in [0.2, 0.25) is 0 Å². The molecule has 3 rings (SSSR count). The lowest BCUT2D eigenvalue weighted by Gasteiger charge is -2.18. The molecule has 2 saturated carbocycles. The zero-order valence-electron chi connectivity index (χ0n) is 8.71. The number of rotatable bonds is 2. The topological polar surface area (TPSA) is 41.6 Å². The van der Waals surface area contributed by atoms with Crippen molar-refractivity contribution in [2.24, 2.45) is 0 Å². The predicted molar refractivity (Wildman–Crippen MR) is 54.2 cm³/mol. The summed E-state index contributed by atoms with van der Waals surface area (Å²) in [5, 5.41) is 7.50. The maximum atomic E-state index is 4.66. The van der Waals surface area contributed by atoms with Gasteiger partial charge in [0.05, 0.1) is 0 Å². The summed E-state index contributed by atoms with van der Waals surface area (Å²) in [6, 6.07) is 0. The van der Waals surface area contributed by atoms with Gasteiger partial charge in [0, 0.05) is 11.3 Å². The fraction of sp³-hybridized carbons (Fsp3) is 0.818. The van der Waals surface area contributed by atoms with E-state index in [1.165, 1.54) is 38.5 Å². The van der Waals surface area contributed by atoms with Crippen molar-refractivity contribution in [2.75, 3.05) is 0 Å². The number of aromatic nitrogens is 3. The molecule has 1 aromatic heterocycles. The van der Waals surface area contributed by atoms with E-state index in [0.717, 1.165) is 11.6 Å². The Morgan fingerprint density at radius 1 is 1.29 bits per heavy atom. The SMILES string of the molecule is CC1(c2n[nH]c(C3CC3)n2)CCCC1. The first-order valence-electron chi connectivity index (χ1n) is 5.71. The minimum atomic E-state index is 0.268. The van der Waals surface area contributed by atoms with E-state index in [4.69, 9.17) is 0 Å². The average molecular weight is 191 g/mol. The highest BCUT2D eigenvalue weighted by molar-refractivity contribution is 5.12. The Balaban J connectivity index is 1.87. The summed E-state index contributed by atoms with van der Waals surface area (Å²) in [4.78, 5) is 4.66. The van der Waals surface area contributed by atoms with Crippen LogP contribution >= 0.6 is 0 Å². The zero-order valence-corrected chi connectivity index (χ0v) is 8.71. The van der Waals surface area contributed by atoms with E-state index < -0.39 is 0 Å². The van der Waals surface area contributed by atoms with Crippen LogP contribution < -0.4 is 0 Å². The van der Waals surface area contributed by atoms with E-state index in [9.17, 15) is 0 Å². The molecule has 76 valence electrons. The standard InChI is InChI=1S/C11H17N3/c1-11(6-2-3-7-11)10-12-9(13-14-10)8-4-5-8/h8H,2-7H2,1H3,(H,12,13,14). The number of H-pyrrole nitrogens is 1. The van der Waals surface area contributed by atoms with Crippen molar-refractivity contribution in [2.45, 2.75) is 56.8 Å². The minimum absolute atomic E-state index is 0.268. The van der Waals surface area contributed by atoms with E-state index in [0.29, 0.717) is 5.92 Å². The third kappa shape index (κ3) is 1.26. The maximum absolute atomic E-state index is 4.66. The van der Waals surface area contributed by atoms with Crippen molar-refractivity contribution in [1.29, 1.82) is 0 Å². The smallest absolute Gasteiger partial charge is 0.156 e. The summed E-state index contributed by atoms with van der Waals surface area (Å²) in [5.41, 5.74) is 0.268. The van der Waals surface area contributed by atoms with Gasteiger partial charge in [0.15, 0.2) is 5.82 Å². The third-order valence-corrected chi connectivity index (χ3v) is 3.71. The van der Waals surface area contributed by atoms with E-state index in [2.05, 4.69) is 22.1 Å². The van der Waals surface area contributed by atoms with E-state index in [-0.39, 0.29) is 5.41 Å². The average Bonchev–Trinajstić information content (AvgIpc) is 2.75. The summed E-state index contributed by atoms with van der Waals surface area (Å²) >= 11 is 0. The molecule has 3 heteroatoms. The summed E-state index contributed by atoms with van der Waals surface area (Å²) in [7, 11) is 0. The quantitative estimate of drug-likeness (QED) is 0.780. The van der Waals surface area contributed by atoms with Crippen LogP contribution in [0.25, 0.3) is 0 Å². The van der Waals surface area contributed by atoms with Crippen molar-refractivity contribution in [3.05, 3.63) is 11.6 Å². The van der Waals surface area contributed by atoms with Crippen LogP contribution in [0, 0.1) is 0 Å². The third-order valence-electron chi connectivity index (χ3n) is 3.71. The molecule has 2 aliphatic carbocycles. The van der Waals surface area contributed by atoms with Gasteiger partial charge in [-0.15, -0.1) is 0 Å². The number of hydrogen-bond donors (Lipinski definition) is 1. The normalized spacial score (nSPS) is 25.5.